The minimum Gasteiger partial charge on any atom is -0.448 e. The predicted octanol–water partition coefficient (Wildman–Crippen LogP) is 2.54. The van der Waals surface area contributed by atoms with Crippen LogP contribution in [0.3, 0.4) is 0 Å². The molecule has 74 valence electrons. The third kappa shape index (κ3) is 3.12. The number of aromatic nitrogens is 1. The van der Waals surface area contributed by atoms with Crippen LogP contribution in [0, 0.1) is 0 Å². The van der Waals surface area contributed by atoms with E-state index in [0.717, 1.165) is 29.6 Å². The topological polar surface area (TPSA) is 35.3 Å². The average Bonchev–Trinajstić information content (AvgIpc) is 2.61. The summed E-state index contributed by atoms with van der Waals surface area (Å²) < 4.78 is 10.4. The highest BCUT2D eigenvalue weighted by atomic mass is 79.9. The van der Waals surface area contributed by atoms with Crippen molar-refractivity contribution >= 4 is 15.9 Å². The largest absolute Gasteiger partial charge is 0.448 e. The number of hydrogen-bond acceptors (Lipinski definition) is 3. The van der Waals surface area contributed by atoms with Gasteiger partial charge in [0.05, 0.1) is 11.8 Å². The lowest BCUT2D eigenvalue weighted by molar-refractivity contribution is 0.110. The summed E-state index contributed by atoms with van der Waals surface area (Å²) in [4.78, 5) is 4.08. The van der Waals surface area contributed by atoms with Crippen LogP contribution < -0.4 is 0 Å². The summed E-state index contributed by atoms with van der Waals surface area (Å²) in [5.74, 6) is 0.959. The maximum absolute atomic E-state index is 5.25. The summed E-state index contributed by atoms with van der Waals surface area (Å²) in [7, 11) is 1.72. The van der Waals surface area contributed by atoms with Crippen molar-refractivity contribution in [3.05, 3.63) is 17.8 Å². The van der Waals surface area contributed by atoms with E-state index in [9.17, 15) is 0 Å². The van der Waals surface area contributed by atoms with Crippen LogP contribution in [0.15, 0.2) is 10.8 Å². The highest BCUT2D eigenvalue weighted by Crippen LogP contribution is 2.14. The molecule has 0 spiro atoms. The molecule has 1 heterocycles. The Morgan fingerprint density at radius 1 is 1.69 bits per heavy atom. The van der Waals surface area contributed by atoms with E-state index in [2.05, 4.69) is 20.9 Å². The van der Waals surface area contributed by atoms with Crippen LogP contribution in [-0.4, -0.2) is 18.2 Å². The van der Waals surface area contributed by atoms with Gasteiger partial charge in [-0.15, -0.1) is 0 Å². The lowest BCUT2D eigenvalue weighted by Crippen LogP contribution is -2.06. The number of nitrogens with zero attached hydrogens (tertiary/aromatic N) is 1. The molecule has 0 aliphatic rings. The molecule has 0 N–H and O–H groups in total. The molecule has 1 atom stereocenters. The quantitative estimate of drug-likeness (QED) is 0.751. The second-order valence-corrected chi connectivity index (χ2v) is 3.50. The molecule has 0 aromatic carbocycles. The Balaban J connectivity index is 2.44. The van der Waals surface area contributed by atoms with Crippen molar-refractivity contribution in [3.63, 3.8) is 0 Å². The normalized spacial score (nSPS) is 13.2. The number of aryl methyl sites for hydroxylation is 1. The monoisotopic (exact) mass is 247 g/mol. The first-order chi connectivity index (χ1) is 6.27. The zero-order valence-electron chi connectivity index (χ0n) is 7.92. The number of methoxy groups -OCH3 is 1. The molecule has 0 aliphatic carbocycles. The van der Waals surface area contributed by atoms with Crippen molar-refractivity contribution in [2.24, 2.45) is 0 Å². The number of ether oxygens (including phenoxy) is 1. The van der Waals surface area contributed by atoms with Gasteiger partial charge in [0.15, 0.2) is 6.39 Å². The van der Waals surface area contributed by atoms with Gasteiger partial charge >= 0.3 is 0 Å². The van der Waals surface area contributed by atoms with Gasteiger partial charge in [-0.05, 0) is 13.3 Å². The van der Waals surface area contributed by atoms with Crippen LogP contribution in [0.2, 0.25) is 0 Å². The van der Waals surface area contributed by atoms with Crippen molar-refractivity contribution < 1.29 is 9.15 Å². The molecule has 0 radical (unpaired) electrons. The Kier molecular flexibility index (Phi) is 4.45. The fraction of sp³-hybridized carbons (Fsp3) is 0.667. The van der Waals surface area contributed by atoms with Crippen molar-refractivity contribution in [3.8, 4) is 0 Å². The number of rotatable bonds is 5. The molecule has 1 unspecified atom stereocenters. The Morgan fingerprint density at radius 3 is 3.08 bits per heavy atom. The van der Waals surface area contributed by atoms with Crippen LogP contribution in [-0.2, 0) is 16.5 Å². The van der Waals surface area contributed by atoms with E-state index in [1.807, 2.05) is 6.92 Å². The average molecular weight is 248 g/mol. The predicted molar refractivity (Wildman–Crippen MR) is 53.9 cm³/mol. The molecule has 13 heavy (non-hydrogen) atoms. The van der Waals surface area contributed by atoms with Crippen LogP contribution in [0.1, 0.15) is 24.8 Å². The minimum absolute atomic E-state index is 0.272. The van der Waals surface area contributed by atoms with Crippen LogP contribution in [0.4, 0.5) is 0 Å². The van der Waals surface area contributed by atoms with E-state index in [0.29, 0.717) is 0 Å². The third-order valence-corrected chi connectivity index (χ3v) is 2.56. The number of hydrogen-bond donors (Lipinski definition) is 0. The molecular weight excluding hydrogens is 234 g/mol. The fourth-order valence-electron chi connectivity index (χ4n) is 1.06. The van der Waals surface area contributed by atoms with Gasteiger partial charge in [-0.2, -0.15) is 0 Å². The smallest absolute Gasteiger partial charge is 0.181 e. The van der Waals surface area contributed by atoms with Gasteiger partial charge in [0.2, 0.25) is 0 Å². The first-order valence-corrected chi connectivity index (χ1v) is 5.40. The Morgan fingerprint density at radius 2 is 2.46 bits per heavy atom. The maximum atomic E-state index is 5.25. The van der Waals surface area contributed by atoms with Gasteiger partial charge in [0, 0.05) is 18.9 Å². The number of halogens is 1. The summed E-state index contributed by atoms with van der Waals surface area (Å²) >= 11 is 3.36. The van der Waals surface area contributed by atoms with E-state index in [4.69, 9.17) is 9.15 Å². The molecule has 1 aromatic heterocycles. The third-order valence-electron chi connectivity index (χ3n) is 2.03. The summed E-state index contributed by atoms with van der Waals surface area (Å²) in [6, 6.07) is 0. The van der Waals surface area contributed by atoms with Gasteiger partial charge in [0.25, 0.3) is 0 Å². The molecule has 4 heteroatoms. The van der Waals surface area contributed by atoms with Crippen LogP contribution >= 0.6 is 15.9 Å². The molecule has 0 amide bonds. The van der Waals surface area contributed by atoms with Gasteiger partial charge in [-0.3, -0.25) is 0 Å². The lowest BCUT2D eigenvalue weighted by atomic mass is 10.1. The highest BCUT2D eigenvalue weighted by molar-refractivity contribution is 9.08. The first-order valence-electron chi connectivity index (χ1n) is 4.28. The van der Waals surface area contributed by atoms with Gasteiger partial charge < -0.3 is 9.15 Å². The van der Waals surface area contributed by atoms with Crippen LogP contribution in [0.25, 0.3) is 0 Å². The van der Waals surface area contributed by atoms with Crippen molar-refractivity contribution in [2.75, 3.05) is 7.11 Å². The van der Waals surface area contributed by atoms with Crippen molar-refractivity contribution in [2.45, 2.75) is 31.2 Å². The highest BCUT2D eigenvalue weighted by Gasteiger charge is 2.08. The van der Waals surface area contributed by atoms with E-state index < -0.39 is 0 Å². The molecule has 1 rings (SSSR count). The molecule has 0 saturated heterocycles. The zero-order chi connectivity index (χ0) is 9.68. The Labute approximate surface area is 86.6 Å². The van der Waals surface area contributed by atoms with E-state index in [1.54, 1.807) is 7.11 Å². The molecule has 0 fully saturated rings. The standard InChI is InChI=1S/C9H14BrNO2/c1-7(12-2)3-4-9-8(5-10)11-6-13-9/h6-7H,3-5H2,1-2H3. The second kappa shape index (κ2) is 5.40. The molecule has 1 aromatic rings. The summed E-state index contributed by atoms with van der Waals surface area (Å²) in [6.07, 6.45) is 3.61. The van der Waals surface area contributed by atoms with Crippen molar-refractivity contribution in [1.29, 1.82) is 0 Å². The molecular formula is C9H14BrNO2. The van der Waals surface area contributed by atoms with Gasteiger partial charge in [-0.25, -0.2) is 4.98 Å². The summed E-state index contributed by atoms with van der Waals surface area (Å²) in [6.45, 7) is 2.05. The first kappa shape index (κ1) is 10.7. The molecule has 0 saturated carbocycles. The van der Waals surface area contributed by atoms with Crippen molar-refractivity contribution in [1.82, 2.24) is 4.98 Å². The molecule has 0 bridgehead atoms. The summed E-state index contributed by atoms with van der Waals surface area (Å²) in [5.41, 5.74) is 0.989. The van der Waals surface area contributed by atoms with Gasteiger partial charge in [-0.1, -0.05) is 15.9 Å². The zero-order valence-corrected chi connectivity index (χ0v) is 9.50. The Hall–Kier alpha value is -0.350. The molecule has 0 aliphatic heterocycles. The number of oxazole rings is 1. The minimum atomic E-state index is 0.272. The second-order valence-electron chi connectivity index (χ2n) is 2.94. The Bertz CT molecular complexity index is 250. The molecule has 3 nitrogen and oxygen atoms in total. The maximum Gasteiger partial charge on any atom is 0.181 e. The van der Waals surface area contributed by atoms with Crippen LogP contribution in [0.5, 0.6) is 0 Å². The van der Waals surface area contributed by atoms with E-state index in [1.165, 1.54) is 6.39 Å². The SMILES string of the molecule is COC(C)CCc1ocnc1CBr. The number of alkyl halides is 1. The van der Waals surface area contributed by atoms with E-state index >= 15 is 0 Å². The lowest BCUT2D eigenvalue weighted by Gasteiger charge is -2.07. The summed E-state index contributed by atoms with van der Waals surface area (Å²) in [5, 5.41) is 0.750. The van der Waals surface area contributed by atoms with Gasteiger partial charge in [0.1, 0.15) is 5.76 Å². The fourth-order valence-corrected chi connectivity index (χ4v) is 1.52. The van der Waals surface area contributed by atoms with E-state index in [-0.39, 0.29) is 6.10 Å².